The van der Waals surface area contributed by atoms with Gasteiger partial charge in [-0.2, -0.15) is 0 Å². The van der Waals surface area contributed by atoms with Gasteiger partial charge in [0.05, 0.1) is 24.3 Å². The number of anilines is 2. The molecule has 1 amide bonds. The summed E-state index contributed by atoms with van der Waals surface area (Å²) in [6.45, 7) is 2.66. The van der Waals surface area contributed by atoms with Gasteiger partial charge in [0, 0.05) is 12.3 Å². The van der Waals surface area contributed by atoms with Gasteiger partial charge in [-0.25, -0.2) is 4.79 Å². The maximum atomic E-state index is 11.5. The average molecular weight is 252 g/mol. The Labute approximate surface area is 105 Å². The van der Waals surface area contributed by atoms with Crippen molar-refractivity contribution in [2.24, 2.45) is 0 Å². The normalized spacial score (nSPS) is 10.1. The number of amides is 1. The van der Waals surface area contributed by atoms with Crippen LogP contribution in [0.2, 0.25) is 0 Å². The second-order valence-electron chi connectivity index (χ2n) is 3.61. The van der Waals surface area contributed by atoms with Gasteiger partial charge in [0.15, 0.2) is 0 Å². The predicted octanol–water partition coefficient (Wildman–Crippen LogP) is 1.33. The highest BCUT2D eigenvalue weighted by Gasteiger charge is 2.12. The highest BCUT2D eigenvalue weighted by molar-refractivity contribution is 6.01. The highest BCUT2D eigenvalue weighted by atomic mass is 16.5. The lowest BCUT2D eigenvalue weighted by atomic mass is 10.1. The molecule has 0 aliphatic heterocycles. The minimum atomic E-state index is -1.12. The van der Waals surface area contributed by atoms with Crippen LogP contribution in [0.1, 0.15) is 23.7 Å². The summed E-state index contributed by atoms with van der Waals surface area (Å²) in [7, 11) is 0. The van der Waals surface area contributed by atoms with Crippen LogP contribution in [-0.2, 0) is 9.53 Å². The van der Waals surface area contributed by atoms with Crippen molar-refractivity contribution in [2.75, 3.05) is 24.3 Å². The third-order valence-electron chi connectivity index (χ3n) is 2.23. The first kappa shape index (κ1) is 14.0. The molecule has 4 N–H and O–H groups in total. The molecule has 18 heavy (non-hydrogen) atoms. The SMILES string of the molecule is CCOCCC(=O)Nc1cc(N)ccc1C(=O)O. The number of aromatic carboxylic acids is 1. The van der Waals surface area contributed by atoms with E-state index in [0.717, 1.165) is 0 Å². The summed E-state index contributed by atoms with van der Waals surface area (Å²) in [4.78, 5) is 22.5. The molecule has 0 aliphatic rings. The van der Waals surface area contributed by atoms with Gasteiger partial charge in [0.25, 0.3) is 0 Å². The van der Waals surface area contributed by atoms with Crippen LogP contribution in [0.3, 0.4) is 0 Å². The van der Waals surface area contributed by atoms with Crippen molar-refractivity contribution in [2.45, 2.75) is 13.3 Å². The van der Waals surface area contributed by atoms with Crippen LogP contribution >= 0.6 is 0 Å². The van der Waals surface area contributed by atoms with E-state index in [1.54, 1.807) is 0 Å². The molecule has 1 aromatic rings. The summed E-state index contributed by atoms with van der Waals surface area (Å²) in [6, 6.07) is 4.25. The summed E-state index contributed by atoms with van der Waals surface area (Å²) in [5.74, 6) is -1.42. The number of nitrogen functional groups attached to an aromatic ring is 1. The number of nitrogens with two attached hydrogens (primary N) is 1. The molecule has 0 heterocycles. The Hall–Kier alpha value is -2.08. The van der Waals surface area contributed by atoms with Crippen LogP contribution in [0.5, 0.6) is 0 Å². The Bertz CT molecular complexity index is 446. The Morgan fingerprint density at radius 3 is 2.78 bits per heavy atom. The highest BCUT2D eigenvalue weighted by Crippen LogP contribution is 2.19. The topological polar surface area (TPSA) is 102 Å². The predicted molar refractivity (Wildman–Crippen MR) is 67.6 cm³/mol. The zero-order chi connectivity index (χ0) is 13.5. The molecule has 0 bridgehead atoms. The lowest BCUT2D eigenvalue weighted by molar-refractivity contribution is -0.117. The zero-order valence-corrected chi connectivity index (χ0v) is 10.1. The third-order valence-corrected chi connectivity index (χ3v) is 2.23. The van der Waals surface area contributed by atoms with Crippen molar-refractivity contribution >= 4 is 23.3 Å². The van der Waals surface area contributed by atoms with Gasteiger partial charge in [-0.3, -0.25) is 4.79 Å². The van der Waals surface area contributed by atoms with Gasteiger partial charge >= 0.3 is 5.97 Å². The van der Waals surface area contributed by atoms with E-state index >= 15 is 0 Å². The fraction of sp³-hybridized carbons (Fsp3) is 0.333. The van der Waals surface area contributed by atoms with Crippen LogP contribution < -0.4 is 11.1 Å². The van der Waals surface area contributed by atoms with Crippen LogP contribution in [0.25, 0.3) is 0 Å². The molecule has 0 unspecified atom stereocenters. The monoisotopic (exact) mass is 252 g/mol. The number of carboxylic acids is 1. The van der Waals surface area contributed by atoms with Crippen molar-refractivity contribution in [1.82, 2.24) is 0 Å². The molecular formula is C12H16N2O4. The lowest BCUT2D eigenvalue weighted by Gasteiger charge is -2.09. The number of carbonyl (C=O) groups is 2. The zero-order valence-electron chi connectivity index (χ0n) is 10.1. The van der Waals surface area contributed by atoms with Crippen molar-refractivity contribution in [1.29, 1.82) is 0 Å². The summed E-state index contributed by atoms with van der Waals surface area (Å²) >= 11 is 0. The minimum absolute atomic E-state index is 0.00830. The molecule has 1 aromatic carbocycles. The summed E-state index contributed by atoms with van der Waals surface area (Å²) in [5.41, 5.74) is 6.15. The standard InChI is InChI=1S/C12H16N2O4/c1-2-18-6-5-11(15)14-10-7-8(13)3-4-9(10)12(16)17/h3-4,7H,2,5-6,13H2,1H3,(H,14,15)(H,16,17). The fourth-order valence-corrected chi connectivity index (χ4v) is 1.37. The number of rotatable bonds is 6. The Balaban J connectivity index is 2.73. The van der Waals surface area contributed by atoms with E-state index in [1.807, 2.05) is 6.92 Å². The largest absolute Gasteiger partial charge is 0.478 e. The van der Waals surface area contributed by atoms with Crippen molar-refractivity contribution in [3.05, 3.63) is 23.8 Å². The van der Waals surface area contributed by atoms with E-state index in [0.29, 0.717) is 18.9 Å². The molecule has 6 nitrogen and oxygen atoms in total. The molecule has 0 radical (unpaired) electrons. The molecule has 0 spiro atoms. The van der Waals surface area contributed by atoms with E-state index in [1.165, 1.54) is 18.2 Å². The van der Waals surface area contributed by atoms with Gasteiger partial charge < -0.3 is 20.9 Å². The first-order valence-electron chi connectivity index (χ1n) is 5.55. The summed E-state index contributed by atoms with van der Waals surface area (Å²) in [5, 5.41) is 11.5. The van der Waals surface area contributed by atoms with Crippen molar-refractivity contribution < 1.29 is 19.4 Å². The molecule has 1 rings (SSSR count). The van der Waals surface area contributed by atoms with Crippen LogP contribution in [0.15, 0.2) is 18.2 Å². The number of nitrogens with one attached hydrogen (secondary N) is 1. The van der Waals surface area contributed by atoms with Crippen LogP contribution in [0, 0.1) is 0 Å². The minimum Gasteiger partial charge on any atom is -0.478 e. The quantitative estimate of drug-likeness (QED) is 0.523. The van der Waals surface area contributed by atoms with E-state index in [-0.39, 0.29) is 23.6 Å². The fourth-order valence-electron chi connectivity index (χ4n) is 1.37. The van der Waals surface area contributed by atoms with E-state index in [4.69, 9.17) is 15.6 Å². The molecule has 6 heteroatoms. The molecular weight excluding hydrogens is 236 g/mol. The van der Waals surface area contributed by atoms with E-state index in [9.17, 15) is 9.59 Å². The van der Waals surface area contributed by atoms with Gasteiger partial charge in [0.1, 0.15) is 0 Å². The van der Waals surface area contributed by atoms with Gasteiger partial charge in [-0.15, -0.1) is 0 Å². The van der Waals surface area contributed by atoms with Gasteiger partial charge in [-0.1, -0.05) is 0 Å². The van der Waals surface area contributed by atoms with Crippen LogP contribution in [-0.4, -0.2) is 30.2 Å². The second kappa shape index (κ2) is 6.61. The summed E-state index contributed by atoms with van der Waals surface area (Å²) < 4.78 is 5.04. The second-order valence-corrected chi connectivity index (χ2v) is 3.61. The van der Waals surface area contributed by atoms with E-state index < -0.39 is 5.97 Å². The summed E-state index contributed by atoms with van der Waals surface area (Å²) in [6.07, 6.45) is 0.168. The van der Waals surface area contributed by atoms with Crippen molar-refractivity contribution in [3.8, 4) is 0 Å². The molecule has 0 fully saturated rings. The van der Waals surface area contributed by atoms with Gasteiger partial charge in [-0.05, 0) is 25.1 Å². The molecule has 0 saturated carbocycles. The molecule has 0 aliphatic carbocycles. The van der Waals surface area contributed by atoms with Crippen LogP contribution in [0.4, 0.5) is 11.4 Å². The lowest BCUT2D eigenvalue weighted by Crippen LogP contribution is -2.16. The maximum absolute atomic E-state index is 11.5. The number of carbonyl (C=O) groups excluding carboxylic acids is 1. The third kappa shape index (κ3) is 4.06. The molecule has 0 aromatic heterocycles. The number of ether oxygens (including phenoxy) is 1. The Kier molecular flexibility index (Phi) is 5.13. The molecule has 0 atom stereocenters. The Morgan fingerprint density at radius 1 is 1.44 bits per heavy atom. The van der Waals surface area contributed by atoms with Gasteiger partial charge in [0.2, 0.25) is 5.91 Å². The number of hydrogen-bond acceptors (Lipinski definition) is 4. The smallest absolute Gasteiger partial charge is 0.337 e. The first-order valence-corrected chi connectivity index (χ1v) is 5.55. The first-order chi connectivity index (χ1) is 8.54. The van der Waals surface area contributed by atoms with E-state index in [2.05, 4.69) is 5.32 Å². The molecule has 98 valence electrons. The number of hydrogen-bond donors (Lipinski definition) is 3. The average Bonchev–Trinajstić information content (AvgIpc) is 2.29. The van der Waals surface area contributed by atoms with Crippen molar-refractivity contribution in [3.63, 3.8) is 0 Å². The number of carboxylic acid groups (broad SMARTS) is 1. The number of benzene rings is 1. The molecule has 0 saturated heterocycles. The Morgan fingerprint density at radius 2 is 2.17 bits per heavy atom. The maximum Gasteiger partial charge on any atom is 0.337 e.